The standard InChI is InChI=1S/C17H15ClN2/c1-11-6-7-13(18)8-15(11)17(19)16-10-20-9-12-4-2-3-5-14(12)16/h2-10,17H,19H2,1H3. The van der Waals surface area contributed by atoms with E-state index in [1.165, 1.54) is 0 Å². The Morgan fingerprint density at radius 3 is 2.70 bits per heavy atom. The maximum absolute atomic E-state index is 6.45. The third kappa shape index (κ3) is 2.28. The molecule has 1 atom stereocenters. The maximum Gasteiger partial charge on any atom is 0.0576 e. The lowest BCUT2D eigenvalue weighted by atomic mass is 9.94. The second-order valence-corrected chi connectivity index (χ2v) is 5.36. The molecule has 1 unspecified atom stereocenters. The first-order valence-corrected chi connectivity index (χ1v) is 6.89. The number of rotatable bonds is 2. The SMILES string of the molecule is Cc1ccc(Cl)cc1C(N)c1cncc2ccccc12. The van der Waals surface area contributed by atoms with Gasteiger partial charge >= 0.3 is 0 Å². The summed E-state index contributed by atoms with van der Waals surface area (Å²) in [6, 6.07) is 13.7. The Bertz CT molecular complexity index is 763. The molecule has 20 heavy (non-hydrogen) atoms. The highest BCUT2D eigenvalue weighted by atomic mass is 35.5. The van der Waals surface area contributed by atoms with Crippen LogP contribution in [0.15, 0.2) is 54.9 Å². The van der Waals surface area contributed by atoms with Crippen LogP contribution in [0.5, 0.6) is 0 Å². The Morgan fingerprint density at radius 1 is 1.05 bits per heavy atom. The van der Waals surface area contributed by atoms with Crippen molar-refractivity contribution in [3.63, 3.8) is 0 Å². The van der Waals surface area contributed by atoms with Crippen molar-refractivity contribution in [3.05, 3.63) is 76.6 Å². The summed E-state index contributed by atoms with van der Waals surface area (Å²) in [5.74, 6) is 0. The van der Waals surface area contributed by atoms with Crippen LogP contribution >= 0.6 is 11.6 Å². The van der Waals surface area contributed by atoms with Crippen LogP contribution in [0.25, 0.3) is 10.8 Å². The Morgan fingerprint density at radius 2 is 1.85 bits per heavy atom. The van der Waals surface area contributed by atoms with Crippen molar-refractivity contribution in [2.75, 3.05) is 0 Å². The van der Waals surface area contributed by atoms with E-state index in [0.29, 0.717) is 5.02 Å². The first kappa shape index (κ1) is 13.1. The molecule has 0 aliphatic heterocycles. The molecule has 0 spiro atoms. The van der Waals surface area contributed by atoms with Crippen molar-refractivity contribution < 1.29 is 0 Å². The fourth-order valence-electron chi connectivity index (χ4n) is 2.50. The van der Waals surface area contributed by atoms with Gasteiger partial charge in [0.1, 0.15) is 0 Å². The molecule has 3 heteroatoms. The summed E-state index contributed by atoms with van der Waals surface area (Å²) < 4.78 is 0. The van der Waals surface area contributed by atoms with Gasteiger partial charge in [-0.1, -0.05) is 41.9 Å². The van der Waals surface area contributed by atoms with Crippen LogP contribution in [0.3, 0.4) is 0 Å². The highest BCUT2D eigenvalue weighted by molar-refractivity contribution is 6.30. The van der Waals surface area contributed by atoms with Crippen LogP contribution < -0.4 is 5.73 Å². The van der Waals surface area contributed by atoms with Gasteiger partial charge in [0.2, 0.25) is 0 Å². The number of hydrogen-bond acceptors (Lipinski definition) is 2. The van der Waals surface area contributed by atoms with Crippen LogP contribution in [0.2, 0.25) is 5.02 Å². The van der Waals surface area contributed by atoms with Gasteiger partial charge in [-0.05, 0) is 41.1 Å². The molecule has 100 valence electrons. The Balaban J connectivity index is 2.17. The van der Waals surface area contributed by atoms with Gasteiger partial charge in [0.25, 0.3) is 0 Å². The van der Waals surface area contributed by atoms with Gasteiger partial charge in [0.05, 0.1) is 6.04 Å². The number of hydrogen-bond donors (Lipinski definition) is 1. The summed E-state index contributed by atoms with van der Waals surface area (Å²) >= 11 is 6.10. The molecule has 0 bridgehead atoms. The zero-order chi connectivity index (χ0) is 14.1. The Kier molecular flexibility index (Phi) is 3.43. The molecule has 0 saturated heterocycles. The number of aryl methyl sites for hydroxylation is 1. The predicted octanol–water partition coefficient (Wildman–Crippen LogP) is 4.24. The van der Waals surface area contributed by atoms with Gasteiger partial charge in [-0.25, -0.2) is 0 Å². The van der Waals surface area contributed by atoms with Gasteiger partial charge in [-0.15, -0.1) is 0 Å². The molecule has 2 N–H and O–H groups in total. The van der Waals surface area contributed by atoms with Crippen molar-refractivity contribution in [3.8, 4) is 0 Å². The van der Waals surface area contributed by atoms with Crippen LogP contribution in [0.1, 0.15) is 22.7 Å². The van der Waals surface area contributed by atoms with Gasteiger partial charge in [-0.2, -0.15) is 0 Å². The number of nitrogens with zero attached hydrogens (tertiary/aromatic N) is 1. The van der Waals surface area contributed by atoms with Crippen LogP contribution in [0.4, 0.5) is 0 Å². The van der Waals surface area contributed by atoms with E-state index >= 15 is 0 Å². The van der Waals surface area contributed by atoms with E-state index in [4.69, 9.17) is 17.3 Å². The Labute approximate surface area is 123 Å². The quantitative estimate of drug-likeness (QED) is 0.763. The molecule has 0 radical (unpaired) electrons. The third-order valence-corrected chi connectivity index (χ3v) is 3.85. The second-order valence-electron chi connectivity index (χ2n) is 4.93. The minimum atomic E-state index is -0.229. The van der Waals surface area contributed by atoms with Crippen molar-refractivity contribution >= 4 is 22.4 Å². The van der Waals surface area contributed by atoms with E-state index in [9.17, 15) is 0 Å². The molecule has 0 aliphatic carbocycles. The molecule has 1 heterocycles. The van der Waals surface area contributed by atoms with Gasteiger partial charge in [0, 0.05) is 22.8 Å². The minimum Gasteiger partial charge on any atom is -0.320 e. The summed E-state index contributed by atoms with van der Waals surface area (Å²) in [5, 5.41) is 2.93. The molecule has 0 aliphatic rings. The van der Waals surface area contributed by atoms with E-state index in [0.717, 1.165) is 27.5 Å². The molecule has 1 aromatic heterocycles. The number of nitrogens with two attached hydrogens (primary N) is 1. The molecule has 2 nitrogen and oxygen atoms in total. The first-order chi connectivity index (χ1) is 9.66. The smallest absolute Gasteiger partial charge is 0.0576 e. The summed E-state index contributed by atoms with van der Waals surface area (Å²) in [6.07, 6.45) is 3.70. The minimum absolute atomic E-state index is 0.229. The molecule has 0 fully saturated rings. The van der Waals surface area contributed by atoms with Gasteiger partial charge in [-0.3, -0.25) is 4.98 Å². The lowest BCUT2D eigenvalue weighted by Gasteiger charge is -2.17. The van der Waals surface area contributed by atoms with Gasteiger partial charge < -0.3 is 5.73 Å². The maximum atomic E-state index is 6.45. The Hall–Kier alpha value is -1.90. The average Bonchev–Trinajstić information content (AvgIpc) is 2.48. The van der Waals surface area contributed by atoms with Crippen LogP contribution in [0, 0.1) is 6.92 Å². The zero-order valence-electron chi connectivity index (χ0n) is 11.2. The summed E-state index contributed by atoms with van der Waals surface area (Å²) in [4.78, 5) is 4.30. The lowest BCUT2D eigenvalue weighted by molar-refractivity contribution is 0.864. The highest BCUT2D eigenvalue weighted by Crippen LogP contribution is 2.29. The zero-order valence-corrected chi connectivity index (χ0v) is 11.9. The van der Waals surface area contributed by atoms with E-state index in [1.807, 2.05) is 55.7 Å². The highest BCUT2D eigenvalue weighted by Gasteiger charge is 2.15. The fourth-order valence-corrected chi connectivity index (χ4v) is 2.68. The lowest BCUT2D eigenvalue weighted by Crippen LogP contribution is -2.14. The van der Waals surface area contributed by atoms with Crippen molar-refractivity contribution in [1.82, 2.24) is 4.98 Å². The van der Waals surface area contributed by atoms with Crippen molar-refractivity contribution in [2.24, 2.45) is 5.73 Å². The van der Waals surface area contributed by atoms with Crippen LogP contribution in [-0.4, -0.2) is 4.98 Å². The number of benzene rings is 2. The average molecular weight is 283 g/mol. The van der Waals surface area contributed by atoms with E-state index in [2.05, 4.69) is 11.1 Å². The normalized spacial score (nSPS) is 12.6. The van der Waals surface area contributed by atoms with Crippen molar-refractivity contribution in [1.29, 1.82) is 0 Å². The summed E-state index contributed by atoms with van der Waals surface area (Å²) in [6.45, 7) is 2.05. The number of fused-ring (bicyclic) bond motifs is 1. The molecule has 0 amide bonds. The number of aromatic nitrogens is 1. The molecular weight excluding hydrogens is 268 g/mol. The largest absolute Gasteiger partial charge is 0.320 e. The monoisotopic (exact) mass is 282 g/mol. The number of halogens is 1. The molecular formula is C17H15ClN2. The first-order valence-electron chi connectivity index (χ1n) is 6.51. The second kappa shape index (κ2) is 5.23. The molecule has 0 saturated carbocycles. The molecule has 3 rings (SSSR count). The predicted molar refractivity (Wildman–Crippen MR) is 84.0 cm³/mol. The summed E-state index contributed by atoms with van der Waals surface area (Å²) in [7, 11) is 0. The molecule has 3 aromatic rings. The fraction of sp³-hybridized carbons (Fsp3) is 0.118. The number of pyridine rings is 1. The van der Waals surface area contributed by atoms with E-state index in [-0.39, 0.29) is 6.04 Å². The van der Waals surface area contributed by atoms with Crippen molar-refractivity contribution in [2.45, 2.75) is 13.0 Å². The summed E-state index contributed by atoms with van der Waals surface area (Å²) in [5.41, 5.74) is 9.65. The van der Waals surface area contributed by atoms with Gasteiger partial charge in [0.15, 0.2) is 0 Å². The topological polar surface area (TPSA) is 38.9 Å². The third-order valence-electron chi connectivity index (χ3n) is 3.61. The van der Waals surface area contributed by atoms with E-state index in [1.54, 1.807) is 0 Å². The van der Waals surface area contributed by atoms with E-state index < -0.39 is 0 Å². The molecule has 2 aromatic carbocycles. The van der Waals surface area contributed by atoms with Crippen LogP contribution in [-0.2, 0) is 0 Å².